The summed E-state index contributed by atoms with van der Waals surface area (Å²) in [5.74, 6) is -1.11. The number of fused-ring (bicyclic) bond motifs is 1. The van der Waals surface area contributed by atoms with Crippen LogP contribution in [-0.2, 0) is 9.59 Å². The van der Waals surface area contributed by atoms with Crippen LogP contribution in [0.1, 0.15) is 25.3 Å². The zero-order chi connectivity index (χ0) is 19.6. The van der Waals surface area contributed by atoms with Gasteiger partial charge in [0.2, 0.25) is 0 Å². The van der Waals surface area contributed by atoms with Gasteiger partial charge in [-0.05, 0) is 42.5 Å². The Bertz CT molecular complexity index is 866. The lowest BCUT2D eigenvalue weighted by Crippen LogP contribution is -2.56. The topological polar surface area (TPSA) is 69.5 Å². The van der Waals surface area contributed by atoms with Crippen molar-refractivity contribution >= 4 is 41.0 Å². The van der Waals surface area contributed by atoms with Crippen molar-refractivity contribution in [3.05, 3.63) is 41.1 Å². The van der Waals surface area contributed by atoms with E-state index in [1.807, 2.05) is 6.92 Å². The average Bonchev–Trinajstić information content (AvgIpc) is 3.12. The number of halogens is 1. The summed E-state index contributed by atoms with van der Waals surface area (Å²) < 4.78 is 15.0. The van der Waals surface area contributed by atoms with Crippen LogP contribution in [0.3, 0.4) is 0 Å². The van der Waals surface area contributed by atoms with Gasteiger partial charge < -0.3 is 5.32 Å². The van der Waals surface area contributed by atoms with Crippen LogP contribution in [0.4, 0.5) is 14.9 Å². The van der Waals surface area contributed by atoms with E-state index >= 15 is 0 Å². The highest BCUT2D eigenvalue weighted by molar-refractivity contribution is 8.04. The molecule has 3 rings (SSSR count). The van der Waals surface area contributed by atoms with Crippen LogP contribution in [0.15, 0.2) is 29.7 Å². The van der Waals surface area contributed by atoms with Crippen LogP contribution in [0.5, 0.6) is 0 Å². The lowest BCUT2D eigenvalue weighted by atomic mass is 10.1. The molecule has 2 heterocycles. The zero-order valence-electron chi connectivity index (χ0n) is 15.2. The molecule has 6 nitrogen and oxygen atoms in total. The quantitative estimate of drug-likeness (QED) is 0.759. The molecular formula is C19H21FN3O3S+. The minimum absolute atomic E-state index is 0.235. The van der Waals surface area contributed by atoms with E-state index in [9.17, 15) is 18.8 Å². The number of urea groups is 1. The molecule has 142 valence electrons. The number of anilines is 1. The minimum atomic E-state index is -0.496. The SMILES string of the molecule is CCCCN1C(=O)C2SC=CC2=[N+](CC(=O)Nc2ccc(C)c(F)c2)C1=O. The van der Waals surface area contributed by atoms with E-state index in [0.29, 0.717) is 29.9 Å². The maximum atomic E-state index is 13.7. The summed E-state index contributed by atoms with van der Waals surface area (Å²) in [6.07, 6.45) is 3.25. The first-order valence-electron chi connectivity index (χ1n) is 8.80. The lowest BCUT2D eigenvalue weighted by Gasteiger charge is -2.24. The molecule has 2 aliphatic rings. The second-order valence-corrected chi connectivity index (χ2v) is 7.48. The number of imide groups is 1. The van der Waals surface area contributed by atoms with Gasteiger partial charge in [0.1, 0.15) is 11.5 Å². The number of rotatable bonds is 6. The van der Waals surface area contributed by atoms with E-state index in [1.54, 1.807) is 30.5 Å². The number of carbonyl (C=O) groups excluding carboxylic acids is 3. The first-order valence-corrected chi connectivity index (χ1v) is 9.74. The molecule has 1 unspecified atom stereocenters. The summed E-state index contributed by atoms with van der Waals surface area (Å²) in [7, 11) is 0. The Morgan fingerprint density at radius 3 is 2.85 bits per heavy atom. The molecule has 0 fully saturated rings. The molecule has 1 aromatic carbocycles. The van der Waals surface area contributed by atoms with Gasteiger partial charge in [-0.2, -0.15) is 14.3 Å². The van der Waals surface area contributed by atoms with Gasteiger partial charge in [0, 0.05) is 5.69 Å². The van der Waals surface area contributed by atoms with Crippen LogP contribution < -0.4 is 5.32 Å². The van der Waals surface area contributed by atoms with Gasteiger partial charge in [-0.1, -0.05) is 19.4 Å². The molecule has 1 atom stereocenters. The van der Waals surface area contributed by atoms with Crippen molar-refractivity contribution in [1.29, 1.82) is 0 Å². The van der Waals surface area contributed by atoms with Crippen LogP contribution in [-0.4, -0.2) is 51.4 Å². The number of carbonyl (C=O) groups is 3. The Hall–Kier alpha value is -2.48. The number of nitrogens with one attached hydrogen (secondary N) is 1. The monoisotopic (exact) mass is 390 g/mol. The molecule has 2 aliphatic heterocycles. The number of thioether (sulfide) groups is 1. The average molecular weight is 390 g/mol. The van der Waals surface area contributed by atoms with Crippen molar-refractivity contribution in [3.63, 3.8) is 0 Å². The predicted molar refractivity (Wildman–Crippen MR) is 102 cm³/mol. The number of hydrogen-bond donors (Lipinski definition) is 1. The number of aryl methyl sites for hydroxylation is 1. The van der Waals surface area contributed by atoms with Gasteiger partial charge in [0.25, 0.3) is 5.91 Å². The summed E-state index contributed by atoms with van der Waals surface area (Å²) in [5.41, 5.74) is 1.33. The van der Waals surface area contributed by atoms with Crippen molar-refractivity contribution in [3.8, 4) is 0 Å². The zero-order valence-corrected chi connectivity index (χ0v) is 16.0. The normalized spacial score (nSPS) is 18.9. The Balaban J connectivity index is 1.80. The van der Waals surface area contributed by atoms with Gasteiger partial charge in [-0.25, -0.2) is 9.18 Å². The number of amides is 4. The summed E-state index contributed by atoms with van der Waals surface area (Å²) in [6.45, 7) is 3.71. The van der Waals surface area contributed by atoms with Gasteiger partial charge in [-0.3, -0.25) is 4.79 Å². The molecule has 0 saturated carbocycles. The molecule has 8 heteroatoms. The van der Waals surface area contributed by atoms with E-state index in [1.165, 1.54) is 27.3 Å². The highest BCUT2D eigenvalue weighted by Gasteiger charge is 2.49. The van der Waals surface area contributed by atoms with Crippen molar-refractivity contribution in [2.75, 3.05) is 18.4 Å². The number of benzene rings is 1. The number of hydrogen-bond acceptors (Lipinski definition) is 4. The van der Waals surface area contributed by atoms with Crippen molar-refractivity contribution in [2.45, 2.75) is 31.9 Å². The third kappa shape index (κ3) is 3.95. The molecular weight excluding hydrogens is 369 g/mol. The van der Waals surface area contributed by atoms with Crippen molar-refractivity contribution in [2.24, 2.45) is 0 Å². The van der Waals surface area contributed by atoms with Crippen LogP contribution in [0.25, 0.3) is 0 Å². The molecule has 4 amide bonds. The fraction of sp³-hybridized carbons (Fsp3) is 0.368. The van der Waals surface area contributed by atoms with E-state index in [-0.39, 0.29) is 12.5 Å². The van der Waals surface area contributed by atoms with Crippen LogP contribution in [0, 0.1) is 12.7 Å². The predicted octanol–water partition coefficient (Wildman–Crippen LogP) is 2.92. The third-order valence-corrected chi connectivity index (χ3v) is 5.49. The Labute approximate surface area is 161 Å². The van der Waals surface area contributed by atoms with Gasteiger partial charge >= 0.3 is 11.9 Å². The number of nitrogens with zero attached hydrogens (tertiary/aromatic N) is 2. The lowest BCUT2D eigenvalue weighted by molar-refractivity contribution is -0.425. The van der Waals surface area contributed by atoms with Crippen LogP contribution in [0.2, 0.25) is 0 Å². The highest BCUT2D eigenvalue weighted by Crippen LogP contribution is 2.28. The maximum Gasteiger partial charge on any atom is 0.501 e. The fourth-order valence-electron chi connectivity index (χ4n) is 2.95. The molecule has 1 aromatic rings. The van der Waals surface area contributed by atoms with Crippen LogP contribution >= 0.6 is 11.8 Å². The van der Waals surface area contributed by atoms with Gasteiger partial charge in [-0.15, -0.1) is 11.8 Å². The second kappa shape index (κ2) is 8.04. The third-order valence-electron chi connectivity index (χ3n) is 4.48. The summed E-state index contributed by atoms with van der Waals surface area (Å²) >= 11 is 1.33. The van der Waals surface area contributed by atoms with E-state index in [2.05, 4.69) is 5.32 Å². The molecule has 27 heavy (non-hydrogen) atoms. The molecule has 0 aliphatic carbocycles. The molecule has 0 aromatic heterocycles. The van der Waals surface area contributed by atoms with E-state index in [4.69, 9.17) is 0 Å². The molecule has 1 N–H and O–H groups in total. The first kappa shape index (κ1) is 19.3. The first-order chi connectivity index (χ1) is 12.9. The second-order valence-electron chi connectivity index (χ2n) is 6.47. The van der Waals surface area contributed by atoms with Crippen molar-refractivity contribution < 1.29 is 23.3 Å². The Morgan fingerprint density at radius 1 is 1.37 bits per heavy atom. The standard InChI is InChI=1S/C19H20FN3O3S/c1-3-4-8-22-18(25)17-15(7-9-27-17)23(19(22)26)11-16(24)21-13-6-5-12(2)14(20)10-13/h5-7,9-10,17H,3-4,8,11H2,1-2H3/p+1. The smallest absolute Gasteiger partial charge is 0.323 e. The molecule has 0 radical (unpaired) electrons. The molecule has 0 spiro atoms. The maximum absolute atomic E-state index is 13.7. The molecule has 0 bridgehead atoms. The number of allylic oxidation sites excluding steroid dienone is 1. The Morgan fingerprint density at radius 2 is 2.15 bits per heavy atom. The van der Waals surface area contributed by atoms with E-state index < -0.39 is 23.0 Å². The van der Waals surface area contributed by atoms with Gasteiger partial charge in [0.15, 0.2) is 11.8 Å². The molecule has 0 saturated heterocycles. The summed E-state index contributed by atoms with van der Waals surface area (Å²) in [4.78, 5) is 39.0. The fourth-order valence-corrected chi connectivity index (χ4v) is 3.91. The number of unbranched alkanes of at least 4 members (excludes halogenated alkanes) is 1. The summed E-state index contributed by atoms with van der Waals surface area (Å²) in [6, 6.07) is 3.93. The van der Waals surface area contributed by atoms with Gasteiger partial charge in [0.05, 0.1) is 6.54 Å². The highest BCUT2D eigenvalue weighted by atomic mass is 32.2. The van der Waals surface area contributed by atoms with E-state index in [0.717, 1.165) is 6.42 Å². The Kier molecular flexibility index (Phi) is 5.74. The minimum Gasteiger partial charge on any atom is -0.323 e. The van der Waals surface area contributed by atoms with Crippen molar-refractivity contribution in [1.82, 2.24) is 4.90 Å². The largest absolute Gasteiger partial charge is 0.501 e. The summed E-state index contributed by atoms with van der Waals surface area (Å²) in [5, 5.41) is 3.87.